The van der Waals surface area contributed by atoms with Crippen molar-refractivity contribution in [2.45, 2.75) is 45.8 Å². The molecule has 3 heteroatoms. The summed E-state index contributed by atoms with van der Waals surface area (Å²) < 4.78 is 5.21. The minimum atomic E-state index is -0.672. The molecule has 0 spiro atoms. The molecule has 0 amide bonds. The lowest BCUT2D eigenvalue weighted by Crippen LogP contribution is -2.23. The van der Waals surface area contributed by atoms with E-state index in [1.165, 1.54) is 16.7 Å². The molecule has 2 N–H and O–H groups in total. The Balaban J connectivity index is 2.78. The number of hydrogen-bond donors (Lipinski definition) is 2. The topological polar surface area (TPSA) is 49.7 Å². The van der Waals surface area contributed by atoms with Gasteiger partial charge in [-0.1, -0.05) is 0 Å². The van der Waals surface area contributed by atoms with Crippen molar-refractivity contribution in [3.8, 4) is 5.75 Å². The zero-order chi connectivity index (χ0) is 13.0. The highest BCUT2D eigenvalue weighted by Gasteiger charge is 2.13. The number of methoxy groups -OCH3 is 1. The molecule has 0 radical (unpaired) electrons. The van der Waals surface area contributed by atoms with Gasteiger partial charge in [-0.2, -0.15) is 0 Å². The van der Waals surface area contributed by atoms with Crippen LogP contribution in [0, 0.1) is 13.8 Å². The van der Waals surface area contributed by atoms with Crippen LogP contribution in [-0.4, -0.2) is 29.5 Å². The van der Waals surface area contributed by atoms with E-state index in [1.807, 2.05) is 26.0 Å². The van der Waals surface area contributed by atoms with Gasteiger partial charge in [0, 0.05) is 0 Å². The third kappa shape index (κ3) is 3.72. The van der Waals surface area contributed by atoms with Crippen LogP contribution >= 0.6 is 0 Å². The zero-order valence-electron chi connectivity index (χ0n) is 11.0. The minimum absolute atomic E-state index is 0.575. The van der Waals surface area contributed by atoms with Gasteiger partial charge in [0.1, 0.15) is 5.75 Å². The van der Waals surface area contributed by atoms with Crippen molar-refractivity contribution in [2.24, 2.45) is 0 Å². The summed E-state index contributed by atoms with van der Waals surface area (Å²) in [5, 5.41) is 18.8. The van der Waals surface area contributed by atoms with E-state index in [-0.39, 0.29) is 0 Å². The molecular formula is C14H22O3. The second-order valence-corrected chi connectivity index (χ2v) is 4.59. The maximum absolute atomic E-state index is 9.60. The van der Waals surface area contributed by atoms with Crippen molar-refractivity contribution >= 4 is 0 Å². The Kier molecular flexibility index (Phi) is 4.97. The van der Waals surface area contributed by atoms with Crippen molar-refractivity contribution < 1.29 is 14.9 Å². The Bertz CT molecular complexity index is 349. The van der Waals surface area contributed by atoms with Gasteiger partial charge in [-0.05, 0) is 62.4 Å². The molecule has 1 aromatic rings. The average molecular weight is 238 g/mol. The number of benzene rings is 1. The van der Waals surface area contributed by atoms with Crippen molar-refractivity contribution in [3.05, 3.63) is 28.8 Å². The largest absolute Gasteiger partial charge is 0.497 e. The lowest BCUT2D eigenvalue weighted by molar-refractivity contribution is 0.0265. The average Bonchev–Trinajstić information content (AvgIpc) is 2.27. The van der Waals surface area contributed by atoms with Gasteiger partial charge in [-0.25, -0.2) is 0 Å². The van der Waals surface area contributed by atoms with Crippen molar-refractivity contribution in [2.75, 3.05) is 7.11 Å². The summed E-state index contributed by atoms with van der Waals surface area (Å²) in [4.78, 5) is 0. The third-order valence-electron chi connectivity index (χ3n) is 3.15. The minimum Gasteiger partial charge on any atom is -0.497 e. The summed E-state index contributed by atoms with van der Waals surface area (Å²) in [5.41, 5.74) is 3.56. The van der Waals surface area contributed by atoms with Crippen LogP contribution in [0.3, 0.4) is 0 Å². The van der Waals surface area contributed by atoms with Gasteiger partial charge >= 0.3 is 0 Å². The van der Waals surface area contributed by atoms with Crippen LogP contribution in [0.5, 0.6) is 5.75 Å². The molecule has 0 fully saturated rings. The lowest BCUT2D eigenvalue weighted by atomic mass is 9.96. The third-order valence-corrected chi connectivity index (χ3v) is 3.15. The summed E-state index contributed by atoms with van der Waals surface area (Å²) in [5.74, 6) is 0.861. The fourth-order valence-electron chi connectivity index (χ4n) is 2.00. The maximum atomic E-state index is 9.60. The predicted octanol–water partition coefficient (Wildman–Crippen LogP) is 1.99. The van der Waals surface area contributed by atoms with Gasteiger partial charge in [0.2, 0.25) is 0 Å². The fraction of sp³-hybridized carbons (Fsp3) is 0.571. The van der Waals surface area contributed by atoms with Crippen molar-refractivity contribution in [3.63, 3.8) is 0 Å². The molecule has 1 rings (SSSR count). The molecule has 0 aliphatic carbocycles. The van der Waals surface area contributed by atoms with E-state index >= 15 is 0 Å². The van der Waals surface area contributed by atoms with E-state index in [0.717, 1.165) is 12.2 Å². The number of aliphatic hydroxyl groups is 2. The molecule has 0 aromatic heterocycles. The van der Waals surface area contributed by atoms with Crippen LogP contribution < -0.4 is 4.74 Å². The maximum Gasteiger partial charge on any atom is 0.119 e. The number of hydrogen-bond acceptors (Lipinski definition) is 3. The van der Waals surface area contributed by atoms with Crippen LogP contribution in [0.15, 0.2) is 12.1 Å². The van der Waals surface area contributed by atoms with Crippen LogP contribution in [0.1, 0.15) is 30.0 Å². The second kappa shape index (κ2) is 6.03. The van der Waals surface area contributed by atoms with Gasteiger partial charge in [-0.3, -0.25) is 0 Å². The van der Waals surface area contributed by atoms with E-state index in [1.54, 1.807) is 14.0 Å². The molecule has 0 saturated carbocycles. The molecule has 2 unspecified atom stereocenters. The summed E-state index contributed by atoms with van der Waals surface area (Å²) in [6, 6.07) is 3.99. The standard InChI is InChI=1S/C14H22O3/c1-9-7-12(17-4)8-10(2)13(9)5-6-14(16)11(3)15/h7-8,11,14-16H,5-6H2,1-4H3. The molecule has 0 bridgehead atoms. The first-order valence-electron chi connectivity index (χ1n) is 5.96. The predicted molar refractivity (Wildman–Crippen MR) is 68.5 cm³/mol. The van der Waals surface area contributed by atoms with Gasteiger partial charge in [0.25, 0.3) is 0 Å². The number of aryl methyl sites for hydroxylation is 2. The summed E-state index contributed by atoms with van der Waals surface area (Å²) in [7, 11) is 1.66. The number of aliphatic hydroxyl groups excluding tert-OH is 2. The summed E-state index contributed by atoms with van der Waals surface area (Å²) in [6.45, 7) is 5.69. The molecule has 0 aliphatic heterocycles. The quantitative estimate of drug-likeness (QED) is 0.824. The monoisotopic (exact) mass is 238 g/mol. The Labute approximate surface area is 103 Å². The van der Waals surface area contributed by atoms with Gasteiger partial charge < -0.3 is 14.9 Å². The normalized spacial score (nSPS) is 14.5. The van der Waals surface area contributed by atoms with Crippen LogP contribution in [-0.2, 0) is 6.42 Å². The Morgan fingerprint density at radius 1 is 1.18 bits per heavy atom. The molecule has 96 valence electrons. The summed E-state index contributed by atoms with van der Waals surface area (Å²) in [6.07, 6.45) is 0.0177. The zero-order valence-corrected chi connectivity index (χ0v) is 11.0. The van der Waals surface area contributed by atoms with Gasteiger partial charge in [-0.15, -0.1) is 0 Å². The van der Waals surface area contributed by atoms with Crippen molar-refractivity contribution in [1.29, 1.82) is 0 Å². The molecule has 0 saturated heterocycles. The van der Waals surface area contributed by atoms with E-state index < -0.39 is 12.2 Å². The van der Waals surface area contributed by atoms with Crippen molar-refractivity contribution in [1.82, 2.24) is 0 Å². The highest BCUT2D eigenvalue weighted by atomic mass is 16.5. The van der Waals surface area contributed by atoms with Crippen LogP contribution in [0.2, 0.25) is 0 Å². The van der Waals surface area contributed by atoms with Crippen LogP contribution in [0.25, 0.3) is 0 Å². The first-order chi connectivity index (χ1) is 7.95. The molecule has 0 heterocycles. The molecule has 3 nitrogen and oxygen atoms in total. The first-order valence-corrected chi connectivity index (χ1v) is 5.96. The van der Waals surface area contributed by atoms with E-state index in [0.29, 0.717) is 6.42 Å². The highest BCUT2D eigenvalue weighted by Crippen LogP contribution is 2.23. The van der Waals surface area contributed by atoms with Gasteiger partial charge in [0.15, 0.2) is 0 Å². The molecule has 17 heavy (non-hydrogen) atoms. The smallest absolute Gasteiger partial charge is 0.119 e. The van der Waals surface area contributed by atoms with Crippen LogP contribution in [0.4, 0.5) is 0 Å². The second-order valence-electron chi connectivity index (χ2n) is 4.59. The Morgan fingerprint density at radius 3 is 2.12 bits per heavy atom. The summed E-state index contributed by atoms with van der Waals surface area (Å²) >= 11 is 0. The molecule has 1 aromatic carbocycles. The lowest BCUT2D eigenvalue weighted by Gasteiger charge is -2.16. The van der Waals surface area contributed by atoms with E-state index in [9.17, 15) is 10.2 Å². The molecule has 2 atom stereocenters. The highest BCUT2D eigenvalue weighted by molar-refractivity contribution is 5.41. The Morgan fingerprint density at radius 2 is 1.71 bits per heavy atom. The fourth-order valence-corrected chi connectivity index (χ4v) is 2.00. The first kappa shape index (κ1) is 14.0. The number of ether oxygens (including phenoxy) is 1. The SMILES string of the molecule is COc1cc(C)c(CCC(O)C(C)O)c(C)c1. The molecule has 0 aliphatic rings. The Hall–Kier alpha value is -1.06. The number of rotatable bonds is 5. The van der Waals surface area contributed by atoms with E-state index in [4.69, 9.17) is 4.74 Å². The molecular weight excluding hydrogens is 216 g/mol. The van der Waals surface area contributed by atoms with Gasteiger partial charge in [0.05, 0.1) is 19.3 Å². The van der Waals surface area contributed by atoms with E-state index in [2.05, 4.69) is 0 Å².